The number of thiazole rings is 1. The Morgan fingerprint density at radius 2 is 1.85 bits per heavy atom. The second kappa shape index (κ2) is 11.4. The average Bonchev–Trinajstić information content (AvgIpc) is 3.54. The molecule has 0 unspecified atom stereocenters. The molecule has 0 spiro atoms. The van der Waals surface area contributed by atoms with E-state index in [1.165, 1.54) is 35.2 Å². The van der Waals surface area contributed by atoms with Crippen LogP contribution in [-0.4, -0.2) is 47.2 Å². The molecule has 34 heavy (non-hydrogen) atoms. The van der Waals surface area contributed by atoms with Crippen molar-refractivity contribution in [3.63, 3.8) is 0 Å². The van der Waals surface area contributed by atoms with Gasteiger partial charge in [0, 0.05) is 43.4 Å². The Balaban J connectivity index is 1.25. The maximum Gasteiger partial charge on any atom is 0.263 e. The van der Waals surface area contributed by atoms with Crippen molar-refractivity contribution in [2.75, 3.05) is 25.0 Å². The third kappa shape index (κ3) is 6.30. The van der Waals surface area contributed by atoms with Gasteiger partial charge in [0.1, 0.15) is 0 Å². The Hall–Kier alpha value is -3.04. The molecular weight excluding hydrogens is 468 g/mol. The van der Waals surface area contributed by atoms with Crippen LogP contribution >= 0.6 is 22.7 Å². The third-order valence-corrected chi connectivity index (χ3v) is 7.50. The van der Waals surface area contributed by atoms with Crippen LogP contribution in [0.2, 0.25) is 0 Å². The molecule has 1 saturated heterocycles. The third-order valence-electron chi connectivity index (χ3n) is 5.89. The van der Waals surface area contributed by atoms with Crippen molar-refractivity contribution in [1.82, 2.24) is 15.2 Å². The van der Waals surface area contributed by atoms with Gasteiger partial charge in [-0.1, -0.05) is 30.3 Å². The van der Waals surface area contributed by atoms with Gasteiger partial charge in [0.15, 0.2) is 5.13 Å². The first-order valence-corrected chi connectivity index (χ1v) is 13.2. The first-order chi connectivity index (χ1) is 16.5. The number of nitrogens with zero attached hydrogens (tertiary/aromatic N) is 2. The topological polar surface area (TPSA) is 91.4 Å². The number of thiophene rings is 1. The summed E-state index contributed by atoms with van der Waals surface area (Å²) in [6.45, 7) is 3.39. The summed E-state index contributed by atoms with van der Waals surface area (Å²) in [5.41, 5.74) is 3.05. The van der Waals surface area contributed by atoms with Gasteiger partial charge >= 0.3 is 0 Å². The highest BCUT2D eigenvalue weighted by atomic mass is 32.1. The molecule has 0 aliphatic carbocycles. The van der Waals surface area contributed by atoms with Gasteiger partial charge in [-0.25, -0.2) is 4.98 Å². The maximum absolute atomic E-state index is 12.8. The molecule has 0 saturated carbocycles. The van der Waals surface area contributed by atoms with Gasteiger partial charge in [-0.15, -0.1) is 22.7 Å². The fourth-order valence-corrected chi connectivity index (χ4v) is 5.38. The van der Waals surface area contributed by atoms with E-state index in [1.807, 2.05) is 39.9 Å². The number of carbonyl (C=O) groups is 3. The van der Waals surface area contributed by atoms with Gasteiger partial charge < -0.3 is 15.5 Å². The van der Waals surface area contributed by atoms with E-state index in [9.17, 15) is 14.4 Å². The second-order valence-electron chi connectivity index (χ2n) is 8.35. The van der Waals surface area contributed by atoms with E-state index in [2.05, 4.69) is 27.8 Å². The highest BCUT2D eigenvalue weighted by Gasteiger charge is 2.28. The number of hydrogen-bond donors (Lipinski definition) is 2. The number of anilines is 1. The van der Waals surface area contributed by atoms with E-state index < -0.39 is 0 Å². The number of likely N-dealkylation sites (tertiary alicyclic amines) is 1. The summed E-state index contributed by atoms with van der Waals surface area (Å²) in [7, 11) is 0. The molecule has 7 nitrogen and oxygen atoms in total. The van der Waals surface area contributed by atoms with Crippen molar-refractivity contribution < 1.29 is 14.4 Å². The molecule has 2 aromatic heterocycles. The quantitative estimate of drug-likeness (QED) is 0.451. The molecule has 2 N–H and O–H groups in total. The van der Waals surface area contributed by atoms with E-state index in [0.717, 1.165) is 29.0 Å². The molecule has 1 aliphatic rings. The van der Waals surface area contributed by atoms with Crippen LogP contribution in [0.3, 0.4) is 0 Å². The van der Waals surface area contributed by atoms with Crippen LogP contribution in [0.4, 0.5) is 5.13 Å². The molecule has 1 aliphatic heterocycles. The Morgan fingerprint density at radius 3 is 2.53 bits per heavy atom. The predicted octanol–water partition coefficient (Wildman–Crippen LogP) is 4.43. The number of amides is 3. The monoisotopic (exact) mass is 496 g/mol. The first kappa shape index (κ1) is 24.1. The van der Waals surface area contributed by atoms with Crippen LogP contribution in [0.25, 0.3) is 11.3 Å². The molecule has 4 rings (SSSR count). The first-order valence-electron chi connectivity index (χ1n) is 11.4. The van der Waals surface area contributed by atoms with Crippen LogP contribution < -0.4 is 10.6 Å². The Kier molecular flexibility index (Phi) is 8.08. The van der Waals surface area contributed by atoms with Crippen LogP contribution in [0, 0.1) is 5.92 Å². The molecule has 178 valence electrons. The summed E-state index contributed by atoms with van der Waals surface area (Å²) in [6, 6.07) is 11.9. The van der Waals surface area contributed by atoms with Crippen molar-refractivity contribution in [2.45, 2.75) is 32.6 Å². The molecule has 3 aromatic rings. The molecule has 1 fully saturated rings. The minimum Gasteiger partial charge on any atom is -0.356 e. The molecule has 0 bridgehead atoms. The van der Waals surface area contributed by atoms with Crippen LogP contribution in [-0.2, 0) is 16.0 Å². The SMILES string of the molecule is CC(=O)NCCCc1ccc(-c2csc(NC(=O)C3CCN(C(=O)c4cccs4)CC3)n2)cc1. The molecule has 3 amide bonds. The molecule has 3 heterocycles. The minimum absolute atomic E-state index is 0.00326. The zero-order valence-electron chi connectivity index (χ0n) is 19.1. The zero-order valence-corrected chi connectivity index (χ0v) is 20.7. The summed E-state index contributed by atoms with van der Waals surface area (Å²) in [4.78, 5) is 43.4. The Labute approximate surface area is 207 Å². The standard InChI is InChI=1S/C25H28N4O3S2/c1-17(30)26-12-2-4-18-6-8-19(9-7-18)21-16-34-25(27-21)28-23(31)20-10-13-29(14-11-20)24(32)22-5-3-15-33-22/h3,5-9,15-16,20H,2,4,10-14H2,1H3,(H,26,30)(H,27,28,31). The molecule has 0 atom stereocenters. The highest BCUT2D eigenvalue weighted by Crippen LogP contribution is 2.27. The van der Waals surface area contributed by atoms with Gasteiger partial charge in [-0.3, -0.25) is 14.4 Å². The van der Waals surface area contributed by atoms with Crippen molar-refractivity contribution >= 4 is 45.5 Å². The maximum atomic E-state index is 12.8. The van der Waals surface area contributed by atoms with Crippen molar-refractivity contribution in [1.29, 1.82) is 0 Å². The van der Waals surface area contributed by atoms with Crippen molar-refractivity contribution in [2.24, 2.45) is 5.92 Å². The number of benzene rings is 1. The largest absolute Gasteiger partial charge is 0.356 e. The van der Waals surface area contributed by atoms with Gasteiger partial charge in [0.05, 0.1) is 10.6 Å². The second-order valence-corrected chi connectivity index (χ2v) is 10.2. The number of aryl methyl sites for hydroxylation is 1. The normalized spacial score (nSPS) is 14.1. The number of nitrogens with one attached hydrogen (secondary N) is 2. The van der Waals surface area contributed by atoms with Crippen molar-refractivity contribution in [3.05, 3.63) is 57.6 Å². The fraction of sp³-hybridized carbons (Fsp3) is 0.360. The van der Waals surface area contributed by atoms with Crippen LogP contribution in [0.15, 0.2) is 47.2 Å². The van der Waals surface area contributed by atoms with Crippen LogP contribution in [0.1, 0.15) is 41.4 Å². The molecule has 0 radical (unpaired) electrons. The fourth-order valence-electron chi connectivity index (χ4n) is 3.97. The Morgan fingerprint density at radius 1 is 1.09 bits per heavy atom. The van der Waals surface area contributed by atoms with Crippen LogP contribution in [0.5, 0.6) is 0 Å². The summed E-state index contributed by atoms with van der Waals surface area (Å²) in [5, 5.41) is 10.2. The lowest BCUT2D eigenvalue weighted by Gasteiger charge is -2.30. The summed E-state index contributed by atoms with van der Waals surface area (Å²) in [6.07, 6.45) is 3.11. The number of carbonyl (C=O) groups excluding carboxylic acids is 3. The molecule has 9 heteroatoms. The van der Waals surface area contributed by atoms with E-state index in [1.54, 1.807) is 0 Å². The Bertz CT molecular complexity index is 1120. The highest BCUT2D eigenvalue weighted by molar-refractivity contribution is 7.14. The van der Waals surface area contributed by atoms with E-state index in [4.69, 9.17) is 0 Å². The lowest BCUT2D eigenvalue weighted by Crippen LogP contribution is -2.41. The number of rotatable bonds is 8. The number of aromatic nitrogens is 1. The van der Waals surface area contributed by atoms with Gasteiger partial charge in [-0.05, 0) is 42.7 Å². The zero-order chi connectivity index (χ0) is 23.9. The van der Waals surface area contributed by atoms with Crippen molar-refractivity contribution in [3.8, 4) is 11.3 Å². The minimum atomic E-state index is -0.114. The molecular formula is C25H28N4O3S2. The van der Waals surface area contributed by atoms with Gasteiger partial charge in [0.2, 0.25) is 11.8 Å². The predicted molar refractivity (Wildman–Crippen MR) is 136 cm³/mol. The van der Waals surface area contributed by atoms with E-state index >= 15 is 0 Å². The lowest BCUT2D eigenvalue weighted by molar-refractivity contribution is -0.121. The molecule has 1 aromatic carbocycles. The van der Waals surface area contributed by atoms with Gasteiger partial charge in [0.25, 0.3) is 5.91 Å². The van der Waals surface area contributed by atoms with E-state index in [0.29, 0.717) is 37.6 Å². The lowest BCUT2D eigenvalue weighted by atomic mass is 9.96. The van der Waals surface area contributed by atoms with E-state index in [-0.39, 0.29) is 23.6 Å². The van der Waals surface area contributed by atoms with Gasteiger partial charge in [-0.2, -0.15) is 0 Å². The number of hydrogen-bond acceptors (Lipinski definition) is 6. The number of piperidine rings is 1. The summed E-state index contributed by atoms with van der Waals surface area (Å²) < 4.78 is 0. The average molecular weight is 497 g/mol. The summed E-state index contributed by atoms with van der Waals surface area (Å²) in [5.74, 6) is -0.0937. The smallest absolute Gasteiger partial charge is 0.263 e. The summed E-state index contributed by atoms with van der Waals surface area (Å²) >= 11 is 2.87.